The Labute approximate surface area is 95.3 Å². The second-order valence-electron chi connectivity index (χ2n) is 3.39. The molecular formula is C9H12F3N3O2. The first kappa shape index (κ1) is 13.5. The van der Waals surface area contributed by atoms with E-state index in [1.165, 1.54) is 6.20 Å². The number of alkyl halides is 3. The Kier molecular flexibility index (Phi) is 4.50. The first-order chi connectivity index (χ1) is 7.88. The van der Waals surface area contributed by atoms with Gasteiger partial charge < -0.3 is 10.1 Å². The number of hydrogen-bond acceptors (Lipinski definition) is 3. The number of amides is 1. The van der Waals surface area contributed by atoms with Gasteiger partial charge in [0.05, 0.1) is 19.2 Å². The molecule has 96 valence electrons. The van der Waals surface area contributed by atoms with Crippen molar-refractivity contribution in [3.05, 3.63) is 11.8 Å². The van der Waals surface area contributed by atoms with Crippen molar-refractivity contribution in [2.45, 2.75) is 19.5 Å². The van der Waals surface area contributed by atoms with E-state index in [2.05, 4.69) is 20.3 Å². The second kappa shape index (κ2) is 5.67. The number of aromatic nitrogens is 2. The lowest BCUT2D eigenvalue weighted by Crippen LogP contribution is -2.20. The van der Waals surface area contributed by atoms with Gasteiger partial charge >= 0.3 is 6.18 Å². The molecule has 0 atom stereocenters. The van der Waals surface area contributed by atoms with Crippen LogP contribution in [0.4, 0.5) is 19.0 Å². The number of aryl methyl sites for hydroxylation is 1. The summed E-state index contributed by atoms with van der Waals surface area (Å²) >= 11 is 0. The van der Waals surface area contributed by atoms with E-state index in [0.717, 1.165) is 5.56 Å². The van der Waals surface area contributed by atoms with Crippen LogP contribution in [0.3, 0.4) is 0 Å². The van der Waals surface area contributed by atoms with E-state index in [0.29, 0.717) is 5.82 Å². The fourth-order valence-electron chi connectivity index (χ4n) is 1.03. The van der Waals surface area contributed by atoms with Crippen LogP contribution in [0.2, 0.25) is 0 Å². The minimum absolute atomic E-state index is 0.144. The Balaban J connectivity index is 2.20. The third kappa shape index (κ3) is 5.34. The van der Waals surface area contributed by atoms with Gasteiger partial charge in [0.15, 0.2) is 0 Å². The Morgan fingerprint density at radius 1 is 1.59 bits per heavy atom. The molecule has 1 aromatic rings. The van der Waals surface area contributed by atoms with Crippen LogP contribution in [0.5, 0.6) is 0 Å². The van der Waals surface area contributed by atoms with E-state index in [1.54, 1.807) is 6.92 Å². The minimum Gasteiger partial charge on any atom is -0.372 e. The first-order valence-corrected chi connectivity index (χ1v) is 4.83. The molecule has 0 bridgehead atoms. The van der Waals surface area contributed by atoms with Gasteiger partial charge in [-0.15, -0.1) is 0 Å². The second-order valence-corrected chi connectivity index (χ2v) is 3.39. The summed E-state index contributed by atoms with van der Waals surface area (Å²) in [6.07, 6.45) is -2.99. The third-order valence-electron chi connectivity index (χ3n) is 1.83. The largest absolute Gasteiger partial charge is 0.411 e. The SMILES string of the molecule is Cc1cn[nH]c1NC(=O)CCOCC(F)(F)F. The van der Waals surface area contributed by atoms with Crippen LogP contribution in [0.25, 0.3) is 0 Å². The number of nitrogens with zero attached hydrogens (tertiary/aromatic N) is 1. The van der Waals surface area contributed by atoms with Crippen molar-refractivity contribution < 1.29 is 22.7 Å². The molecule has 5 nitrogen and oxygen atoms in total. The molecule has 1 heterocycles. The van der Waals surface area contributed by atoms with Crippen LogP contribution in [0, 0.1) is 6.92 Å². The lowest BCUT2D eigenvalue weighted by molar-refractivity contribution is -0.174. The average molecular weight is 251 g/mol. The Bertz CT molecular complexity index is 376. The first-order valence-electron chi connectivity index (χ1n) is 4.83. The van der Waals surface area contributed by atoms with E-state index in [4.69, 9.17) is 0 Å². The van der Waals surface area contributed by atoms with Gasteiger partial charge in [-0.3, -0.25) is 9.89 Å². The number of H-pyrrole nitrogens is 1. The molecule has 0 aromatic carbocycles. The predicted octanol–water partition coefficient (Wildman–Crippen LogP) is 1.63. The molecule has 0 saturated heterocycles. The van der Waals surface area contributed by atoms with E-state index in [-0.39, 0.29) is 13.0 Å². The van der Waals surface area contributed by atoms with Crippen LogP contribution >= 0.6 is 0 Å². The molecule has 2 N–H and O–H groups in total. The standard InChI is InChI=1S/C9H12F3N3O2/c1-6-4-13-15-8(6)14-7(16)2-3-17-5-9(10,11)12/h4H,2-3,5H2,1H3,(H2,13,14,15,16). The molecule has 0 aliphatic heterocycles. The summed E-state index contributed by atoms with van der Waals surface area (Å²) in [6, 6.07) is 0. The summed E-state index contributed by atoms with van der Waals surface area (Å²) in [5.74, 6) is 0.00495. The average Bonchev–Trinajstić information content (AvgIpc) is 2.58. The van der Waals surface area contributed by atoms with Crippen molar-refractivity contribution >= 4 is 11.7 Å². The monoisotopic (exact) mass is 251 g/mol. The maximum Gasteiger partial charge on any atom is 0.411 e. The molecule has 1 amide bonds. The summed E-state index contributed by atoms with van der Waals surface area (Å²) in [4.78, 5) is 11.3. The number of halogens is 3. The predicted molar refractivity (Wildman–Crippen MR) is 53.4 cm³/mol. The number of aromatic amines is 1. The minimum atomic E-state index is -4.36. The lowest BCUT2D eigenvalue weighted by atomic mass is 10.3. The molecule has 0 aliphatic carbocycles. The summed E-state index contributed by atoms with van der Waals surface area (Å²) in [6.45, 7) is 0.112. The number of ether oxygens (including phenoxy) is 1. The molecular weight excluding hydrogens is 239 g/mol. The number of rotatable bonds is 5. The summed E-state index contributed by atoms with van der Waals surface area (Å²) in [5.41, 5.74) is 0.745. The third-order valence-corrected chi connectivity index (χ3v) is 1.83. The fourth-order valence-corrected chi connectivity index (χ4v) is 1.03. The molecule has 17 heavy (non-hydrogen) atoms. The highest BCUT2D eigenvalue weighted by Crippen LogP contribution is 2.14. The number of hydrogen-bond donors (Lipinski definition) is 2. The normalized spacial score (nSPS) is 11.5. The molecule has 1 rings (SSSR count). The molecule has 1 aromatic heterocycles. The summed E-state index contributed by atoms with van der Waals surface area (Å²) in [5, 5.41) is 8.70. The van der Waals surface area contributed by atoms with Gasteiger partial charge in [0.25, 0.3) is 0 Å². The lowest BCUT2D eigenvalue weighted by Gasteiger charge is -2.07. The highest BCUT2D eigenvalue weighted by molar-refractivity contribution is 5.90. The van der Waals surface area contributed by atoms with Crippen molar-refractivity contribution in [3.8, 4) is 0 Å². The highest BCUT2D eigenvalue weighted by Gasteiger charge is 2.27. The molecule has 0 unspecified atom stereocenters. The summed E-state index contributed by atoms with van der Waals surface area (Å²) in [7, 11) is 0. The smallest absolute Gasteiger partial charge is 0.372 e. The van der Waals surface area contributed by atoms with Gasteiger partial charge in [-0.1, -0.05) is 0 Å². The molecule has 0 aliphatic rings. The maximum absolute atomic E-state index is 11.7. The Morgan fingerprint density at radius 2 is 2.29 bits per heavy atom. The summed E-state index contributed by atoms with van der Waals surface area (Å²) < 4.78 is 39.4. The van der Waals surface area contributed by atoms with Gasteiger partial charge in [-0.05, 0) is 6.92 Å². The van der Waals surface area contributed by atoms with Gasteiger partial charge in [0, 0.05) is 5.56 Å². The van der Waals surface area contributed by atoms with Crippen molar-refractivity contribution in [3.63, 3.8) is 0 Å². The molecule has 0 radical (unpaired) electrons. The molecule has 0 fully saturated rings. The highest BCUT2D eigenvalue weighted by atomic mass is 19.4. The van der Waals surface area contributed by atoms with Crippen LogP contribution in [-0.4, -0.2) is 35.5 Å². The zero-order chi connectivity index (χ0) is 12.9. The quantitative estimate of drug-likeness (QED) is 0.781. The van der Waals surface area contributed by atoms with Gasteiger partial charge in [-0.25, -0.2) is 0 Å². The number of carbonyl (C=O) groups excluding carboxylic acids is 1. The van der Waals surface area contributed by atoms with Crippen molar-refractivity contribution in [2.75, 3.05) is 18.5 Å². The number of nitrogens with one attached hydrogen (secondary N) is 2. The Hall–Kier alpha value is -1.57. The molecule has 0 spiro atoms. The number of anilines is 1. The van der Waals surface area contributed by atoms with Gasteiger partial charge in [0.1, 0.15) is 12.4 Å². The van der Waals surface area contributed by atoms with E-state index in [9.17, 15) is 18.0 Å². The molecule has 8 heteroatoms. The fraction of sp³-hybridized carbons (Fsp3) is 0.556. The topological polar surface area (TPSA) is 67.0 Å². The van der Waals surface area contributed by atoms with Crippen molar-refractivity contribution in [1.82, 2.24) is 10.2 Å². The van der Waals surface area contributed by atoms with E-state index in [1.807, 2.05) is 0 Å². The van der Waals surface area contributed by atoms with Crippen molar-refractivity contribution in [2.24, 2.45) is 0 Å². The van der Waals surface area contributed by atoms with Crippen LogP contribution in [-0.2, 0) is 9.53 Å². The van der Waals surface area contributed by atoms with Crippen LogP contribution in [0.15, 0.2) is 6.20 Å². The number of carbonyl (C=O) groups is 1. The van der Waals surface area contributed by atoms with E-state index < -0.39 is 18.7 Å². The van der Waals surface area contributed by atoms with Crippen molar-refractivity contribution in [1.29, 1.82) is 0 Å². The van der Waals surface area contributed by atoms with Gasteiger partial charge in [-0.2, -0.15) is 18.3 Å². The zero-order valence-corrected chi connectivity index (χ0v) is 9.10. The van der Waals surface area contributed by atoms with E-state index >= 15 is 0 Å². The Morgan fingerprint density at radius 3 is 2.82 bits per heavy atom. The van der Waals surface area contributed by atoms with Gasteiger partial charge in [0.2, 0.25) is 5.91 Å². The molecule has 0 saturated carbocycles. The maximum atomic E-state index is 11.7. The van der Waals surface area contributed by atoms with Crippen LogP contribution in [0.1, 0.15) is 12.0 Å². The zero-order valence-electron chi connectivity index (χ0n) is 9.10. The van der Waals surface area contributed by atoms with Crippen LogP contribution < -0.4 is 5.32 Å².